The number of aromatic nitrogens is 4. The van der Waals surface area contributed by atoms with Gasteiger partial charge in [-0.05, 0) is 32.2 Å². The van der Waals surface area contributed by atoms with Gasteiger partial charge in [-0.1, -0.05) is 0 Å². The minimum atomic E-state index is -0.364. The number of nitrogens with one attached hydrogen (secondary N) is 2. The minimum absolute atomic E-state index is 0.120. The molecule has 1 atom stereocenters. The van der Waals surface area contributed by atoms with E-state index in [-0.39, 0.29) is 17.2 Å². The highest BCUT2D eigenvalue weighted by Crippen LogP contribution is 2.15. The molecule has 2 aromatic rings. The van der Waals surface area contributed by atoms with Crippen LogP contribution in [0.25, 0.3) is 0 Å². The summed E-state index contributed by atoms with van der Waals surface area (Å²) in [5, 5.41) is 2.98. The number of H-pyrrole nitrogens is 1. The Hall–Kier alpha value is -2.68. The maximum Gasteiger partial charge on any atom is 0.328 e. The van der Waals surface area contributed by atoms with Gasteiger partial charge in [0.05, 0.1) is 12.5 Å². The van der Waals surface area contributed by atoms with Gasteiger partial charge in [0.25, 0.3) is 11.5 Å². The number of aromatic amines is 1. The van der Waals surface area contributed by atoms with E-state index < -0.39 is 0 Å². The molecule has 1 unspecified atom stereocenters. The first kappa shape index (κ1) is 19.1. The van der Waals surface area contributed by atoms with Gasteiger partial charge in [0.15, 0.2) is 0 Å². The lowest BCUT2D eigenvalue weighted by molar-refractivity contribution is 0.0923. The summed E-state index contributed by atoms with van der Waals surface area (Å²) in [4.78, 5) is 45.0. The summed E-state index contributed by atoms with van der Waals surface area (Å²) in [5.41, 5.74) is 0.481. The van der Waals surface area contributed by atoms with Crippen molar-refractivity contribution < 1.29 is 4.79 Å². The van der Waals surface area contributed by atoms with Crippen LogP contribution in [0, 0.1) is 12.8 Å². The summed E-state index contributed by atoms with van der Waals surface area (Å²) < 4.78 is 2.93. The second-order valence-electron chi connectivity index (χ2n) is 7.16. The number of piperidine rings is 1. The maximum atomic E-state index is 12.2. The minimum Gasteiger partial charge on any atom is -0.350 e. The van der Waals surface area contributed by atoms with Crippen molar-refractivity contribution in [3.8, 4) is 0 Å². The lowest BCUT2D eigenvalue weighted by Gasteiger charge is -2.32. The van der Waals surface area contributed by atoms with E-state index in [2.05, 4.69) is 20.2 Å². The van der Waals surface area contributed by atoms with E-state index in [0.29, 0.717) is 36.9 Å². The van der Waals surface area contributed by atoms with Gasteiger partial charge >= 0.3 is 5.69 Å². The lowest BCUT2D eigenvalue weighted by Crippen LogP contribution is -2.44. The van der Waals surface area contributed by atoms with Crippen molar-refractivity contribution >= 4 is 5.91 Å². The van der Waals surface area contributed by atoms with Gasteiger partial charge in [-0.2, -0.15) is 0 Å². The van der Waals surface area contributed by atoms with Crippen LogP contribution >= 0.6 is 0 Å². The van der Waals surface area contributed by atoms with Crippen LogP contribution in [0.1, 0.15) is 29.0 Å². The molecule has 1 saturated heterocycles. The normalized spacial score (nSPS) is 17.8. The number of likely N-dealkylation sites (tertiary alicyclic amines) is 1. The van der Waals surface area contributed by atoms with Gasteiger partial charge in [0, 0.05) is 45.0 Å². The monoisotopic (exact) mass is 374 g/mol. The average Bonchev–Trinajstić information content (AvgIpc) is 3.05. The highest BCUT2D eigenvalue weighted by Gasteiger charge is 2.21. The lowest BCUT2D eigenvalue weighted by atomic mass is 9.98. The van der Waals surface area contributed by atoms with Gasteiger partial charge in [-0.15, -0.1) is 0 Å². The molecule has 146 valence electrons. The number of nitrogens with zero attached hydrogens (tertiary/aromatic N) is 4. The van der Waals surface area contributed by atoms with E-state index in [1.165, 1.54) is 10.6 Å². The van der Waals surface area contributed by atoms with Gasteiger partial charge < -0.3 is 19.8 Å². The molecule has 0 bridgehead atoms. The molecule has 9 nitrogen and oxygen atoms in total. The molecule has 9 heteroatoms. The van der Waals surface area contributed by atoms with E-state index in [4.69, 9.17) is 0 Å². The van der Waals surface area contributed by atoms with Gasteiger partial charge in [0.2, 0.25) is 0 Å². The van der Waals surface area contributed by atoms with Crippen LogP contribution in [0.2, 0.25) is 0 Å². The second kappa shape index (κ2) is 8.34. The van der Waals surface area contributed by atoms with Gasteiger partial charge in [0.1, 0.15) is 5.69 Å². The molecule has 1 amide bonds. The zero-order valence-corrected chi connectivity index (χ0v) is 15.8. The molecule has 0 aromatic carbocycles. The molecule has 0 spiro atoms. The molecular weight excluding hydrogens is 348 g/mol. The molecule has 2 N–H and O–H groups in total. The van der Waals surface area contributed by atoms with Crippen molar-refractivity contribution in [2.45, 2.75) is 26.3 Å². The molecule has 1 aliphatic rings. The Morgan fingerprint density at radius 2 is 2.19 bits per heavy atom. The van der Waals surface area contributed by atoms with Crippen LogP contribution in [0.15, 0.2) is 28.2 Å². The maximum absolute atomic E-state index is 12.2. The van der Waals surface area contributed by atoms with Crippen LogP contribution in [0.3, 0.4) is 0 Å². The quantitative estimate of drug-likeness (QED) is 0.724. The SMILES string of the molecule is Cc1cc(=O)n(CCN2CCCC(CNC(=O)c3cncn3C)C2)c(=O)[nH]1. The summed E-state index contributed by atoms with van der Waals surface area (Å²) in [6.07, 6.45) is 5.24. The number of aryl methyl sites for hydroxylation is 2. The Kier molecular flexibility index (Phi) is 5.90. The summed E-state index contributed by atoms with van der Waals surface area (Å²) in [6, 6.07) is 1.44. The molecule has 2 aromatic heterocycles. The summed E-state index contributed by atoms with van der Waals surface area (Å²) in [7, 11) is 1.79. The van der Waals surface area contributed by atoms with E-state index in [1.807, 2.05) is 0 Å². The first-order chi connectivity index (χ1) is 12.9. The first-order valence-electron chi connectivity index (χ1n) is 9.21. The van der Waals surface area contributed by atoms with Crippen molar-refractivity contribution in [3.63, 3.8) is 0 Å². The molecule has 27 heavy (non-hydrogen) atoms. The van der Waals surface area contributed by atoms with Crippen molar-refractivity contribution in [2.75, 3.05) is 26.2 Å². The van der Waals surface area contributed by atoms with Gasteiger partial charge in [-0.25, -0.2) is 9.78 Å². The topological polar surface area (TPSA) is 105 Å². The first-order valence-corrected chi connectivity index (χ1v) is 9.21. The Labute approximate surface area is 157 Å². The third-order valence-corrected chi connectivity index (χ3v) is 5.00. The Bertz CT molecular complexity index is 881. The van der Waals surface area contributed by atoms with E-state index in [1.54, 1.807) is 31.1 Å². The third-order valence-electron chi connectivity index (χ3n) is 5.00. The number of hydrogen-bond donors (Lipinski definition) is 2. The largest absolute Gasteiger partial charge is 0.350 e. The van der Waals surface area contributed by atoms with E-state index >= 15 is 0 Å². The number of amides is 1. The molecular formula is C18H26N6O3. The average molecular weight is 374 g/mol. The smallest absolute Gasteiger partial charge is 0.328 e. The molecule has 3 rings (SSSR count). The molecule has 1 aliphatic heterocycles. The fraction of sp³-hybridized carbons (Fsp3) is 0.556. The number of rotatable bonds is 6. The fourth-order valence-electron chi connectivity index (χ4n) is 3.51. The Morgan fingerprint density at radius 3 is 2.89 bits per heavy atom. The molecule has 3 heterocycles. The summed E-state index contributed by atoms with van der Waals surface area (Å²) in [5.74, 6) is 0.230. The fourth-order valence-corrected chi connectivity index (χ4v) is 3.51. The van der Waals surface area contributed by atoms with Crippen molar-refractivity contribution in [3.05, 3.63) is 50.8 Å². The highest BCUT2D eigenvalue weighted by atomic mass is 16.2. The van der Waals surface area contributed by atoms with Crippen LogP contribution in [-0.2, 0) is 13.6 Å². The highest BCUT2D eigenvalue weighted by molar-refractivity contribution is 5.92. The van der Waals surface area contributed by atoms with Crippen molar-refractivity contribution in [1.29, 1.82) is 0 Å². The van der Waals surface area contributed by atoms with Crippen LogP contribution in [0.5, 0.6) is 0 Å². The number of imidazole rings is 1. The van der Waals surface area contributed by atoms with E-state index in [0.717, 1.165) is 25.9 Å². The molecule has 1 fully saturated rings. The van der Waals surface area contributed by atoms with Crippen LogP contribution in [-0.4, -0.2) is 56.1 Å². The van der Waals surface area contributed by atoms with Crippen molar-refractivity contribution in [2.24, 2.45) is 13.0 Å². The summed E-state index contributed by atoms with van der Waals surface area (Å²) >= 11 is 0. The van der Waals surface area contributed by atoms with Crippen LogP contribution < -0.4 is 16.6 Å². The molecule has 0 radical (unpaired) electrons. The number of hydrogen-bond acceptors (Lipinski definition) is 5. The second-order valence-corrected chi connectivity index (χ2v) is 7.16. The zero-order valence-electron chi connectivity index (χ0n) is 15.8. The Balaban J connectivity index is 1.51. The number of carbonyl (C=O) groups is 1. The van der Waals surface area contributed by atoms with Crippen molar-refractivity contribution in [1.82, 2.24) is 29.3 Å². The predicted molar refractivity (Wildman–Crippen MR) is 101 cm³/mol. The third kappa shape index (κ3) is 4.73. The standard InChI is InChI=1S/C18H26N6O3/c1-13-8-16(25)24(18(27)21-13)7-6-23-5-3-4-14(11-23)9-20-17(26)15-10-19-12-22(15)2/h8,10,12,14H,3-7,9,11H2,1-2H3,(H,20,26)(H,21,27). The van der Waals surface area contributed by atoms with E-state index in [9.17, 15) is 14.4 Å². The van der Waals surface area contributed by atoms with Gasteiger partial charge in [-0.3, -0.25) is 14.2 Å². The number of carbonyl (C=O) groups excluding carboxylic acids is 1. The molecule has 0 saturated carbocycles. The zero-order chi connectivity index (χ0) is 19.4. The Morgan fingerprint density at radius 1 is 1.37 bits per heavy atom. The predicted octanol–water partition coefficient (Wildman–Crippen LogP) is -0.279. The molecule has 0 aliphatic carbocycles. The summed E-state index contributed by atoms with van der Waals surface area (Å²) in [6.45, 7) is 5.07. The van der Waals surface area contributed by atoms with Crippen LogP contribution in [0.4, 0.5) is 0 Å².